The van der Waals surface area contributed by atoms with Crippen molar-refractivity contribution in [3.05, 3.63) is 94.0 Å². The average molecular weight is 585 g/mol. The van der Waals surface area contributed by atoms with Crippen molar-refractivity contribution in [3.8, 4) is 17.0 Å². The Labute approximate surface area is 256 Å². The normalized spacial score (nSPS) is 12.0. The maximum absolute atomic E-state index is 13.5. The lowest BCUT2D eigenvalue weighted by atomic mass is 9.76. The minimum Gasteiger partial charge on any atom is -0.493 e. The monoisotopic (exact) mass is 584 g/mol. The van der Waals surface area contributed by atoms with Crippen LogP contribution in [0.3, 0.4) is 0 Å². The van der Waals surface area contributed by atoms with E-state index in [9.17, 15) is 4.79 Å². The Balaban J connectivity index is 1.42. The highest BCUT2D eigenvalue weighted by atomic mass is 35.5. The fourth-order valence-electron chi connectivity index (χ4n) is 5.22. The van der Waals surface area contributed by atoms with Crippen molar-refractivity contribution in [2.45, 2.75) is 85.0 Å². The fourth-order valence-corrected chi connectivity index (χ4v) is 5.41. The van der Waals surface area contributed by atoms with E-state index in [1.807, 2.05) is 55.5 Å². The first kappa shape index (κ1) is 31.6. The van der Waals surface area contributed by atoms with E-state index < -0.39 is 0 Å². The number of carbonyl (C=O) groups is 1. The lowest BCUT2D eigenvalue weighted by molar-refractivity contribution is 0.0953. The van der Waals surface area contributed by atoms with Gasteiger partial charge in [-0.05, 0) is 78.8 Å². The second-order valence-corrected chi connectivity index (χ2v) is 12.9. The molecule has 1 aromatic heterocycles. The molecule has 3 aromatic carbocycles. The first-order chi connectivity index (χ1) is 20.0. The van der Waals surface area contributed by atoms with Crippen LogP contribution in [0.5, 0.6) is 5.75 Å². The maximum atomic E-state index is 13.5. The predicted octanol–water partition coefficient (Wildman–Crippen LogP) is 9.83. The van der Waals surface area contributed by atoms with Crippen molar-refractivity contribution in [2.24, 2.45) is 0 Å². The molecule has 0 spiro atoms. The highest BCUT2D eigenvalue weighted by molar-refractivity contribution is 6.30. The molecule has 0 aliphatic rings. The molecule has 0 atom stereocenters. The van der Waals surface area contributed by atoms with Crippen molar-refractivity contribution < 1.29 is 9.53 Å². The molecule has 0 aliphatic heterocycles. The summed E-state index contributed by atoms with van der Waals surface area (Å²) in [5, 5.41) is 4.64. The number of para-hydroxylation sites is 1. The van der Waals surface area contributed by atoms with Gasteiger partial charge in [-0.15, -0.1) is 0 Å². The van der Waals surface area contributed by atoms with Crippen molar-refractivity contribution in [2.75, 3.05) is 13.2 Å². The summed E-state index contributed by atoms with van der Waals surface area (Å²) in [6.07, 6.45) is 3.79. The molecular weight excluding hydrogens is 540 g/mol. The Morgan fingerprint density at radius 1 is 0.905 bits per heavy atom. The van der Waals surface area contributed by atoms with Crippen LogP contribution in [0.4, 0.5) is 0 Å². The van der Waals surface area contributed by atoms with Gasteiger partial charge in [0.15, 0.2) is 0 Å². The third-order valence-corrected chi connectivity index (χ3v) is 9.07. The second kappa shape index (κ2) is 13.3. The van der Waals surface area contributed by atoms with Crippen LogP contribution in [0.2, 0.25) is 5.02 Å². The number of nitrogens with zero attached hydrogens (tertiary/aromatic N) is 1. The van der Waals surface area contributed by atoms with E-state index in [4.69, 9.17) is 21.3 Å². The molecule has 4 aromatic rings. The molecule has 42 heavy (non-hydrogen) atoms. The molecule has 4 nitrogen and oxygen atoms in total. The SMILES string of the molecule is CCC(C)(C)c1ccc(OCCCCNC(=O)c2c(C)c(-c3cccc(Cl)c3)nc3ccccc23)c(C(C)(C)CC)c1. The van der Waals surface area contributed by atoms with Gasteiger partial charge in [0.05, 0.1) is 23.4 Å². The van der Waals surface area contributed by atoms with Gasteiger partial charge in [-0.3, -0.25) is 4.79 Å². The Hall–Kier alpha value is -3.37. The van der Waals surface area contributed by atoms with Crippen LogP contribution in [0.15, 0.2) is 66.7 Å². The Morgan fingerprint density at radius 2 is 1.64 bits per heavy atom. The number of benzene rings is 3. The molecule has 0 radical (unpaired) electrons. The summed E-state index contributed by atoms with van der Waals surface area (Å²) in [5.41, 5.74) is 6.74. The fraction of sp³-hybridized carbons (Fsp3) is 0.405. The largest absolute Gasteiger partial charge is 0.493 e. The molecule has 0 saturated heterocycles. The van der Waals surface area contributed by atoms with Crippen molar-refractivity contribution in [1.29, 1.82) is 0 Å². The summed E-state index contributed by atoms with van der Waals surface area (Å²) in [4.78, 5) is 18.4. The summed E-state index contributed by atoms with van der Waals surface area (Å²) < 4.78 is 6.34. The lowest BCUT2D eigenvalue weighted by Gasteiger charge is -2.30. The van der Waals surface area contributed by atoms with Gasteiger partial charge >= 0.3 is 0 Å². The number of fused-ring (bicyclic) bond motifs is 1. The van der Waals surface area contributed by atoms with Gasteiger partial charge in [0, 0.05) is 28.1 Å². The van der Waals surface area contributed by atoms with Gasteiger partial charge in [0.25, 0.3) is 5.91 Å². The minimum atomic E-state index is -0.0867. The first-order valence-corrected chi connectivity index (χ1v) is 15.6. The zero-order valence-electron chi connectivity index (χ0n) is 26.2. The van der Waals surface area contributed by atoms with Gasteiger partial charge in [0.1, 0.15) is 5.75 Å². The van der Waals surface area contributed by atoms with Crippen LogP contribution >= 0.6 is 11.6 Å². The number of rotatable bonds is 12. The number of hydrogen-bond donors (Lipinski definition) is 1. The third kappa shape index (κ3) is 6.98. The van der Waals surface area contributed by atoms with Crippen molar-refractivity contribution in [3.63, 3.8) is 0 Å². The van der Waals surface area contributed by atoms with Crippen LogP contribution in [-0.4, -0.2) is 24.0 Å². The summed E-state index contributed by atoms with van der Waals surface area (Å²) in [7, 11) is 0. The average Bonchev–Trinajstić information content (AvgIpc) is 2.98. The van der Waals surface area contributed by atoms with Gasteiger partial charge in [-0.2, -0.15) is 0 Å². The Kier molecular flexibility index (Phi) is 9.99. The van der Waals surface area contributed by atoms with Crippen LogP contribution in [-0.2, 0) is 10.8 Å². The summed E-state index contributed by atoms with van der Waals surface area (Å²) >= 11 is 6.27. The highest BCUT2D eigenvalue weighted by Gasteiger charge is 2.26. The van der Waals surface area contributed by atoms with Gasteiger partial charge in [-0.1, -0.05) is 95.6 Å². The molecule has 0 bridgehead atoms. The zero-order valence-corrected chi connectivity index (χ0v) is 27.0. The molecule has 1 heterocycles. The van der Waals surface area contributed by atoms with Crippen LogP contribution < -0.4 is 10.1 Å². The number of halogens is 1. The molecule has 4 rings (SSSR count). The second-order valence-electron chi connectivity index (χ2n) is 12.5. The smallest absolute Gasteiger partial charge is 0.252 e. The van der Waals surface area contributed by atoms with Crippen LogP contribution in [0.25, 0.3) is 22.2 Å². The van der Waals surface area contributed by atoms with E-state index in [-0.39, 0.29) is 16.7 Å². The van der Waals surface area contributed by atoms with E-state index in [0.717, 1.165) is 59.2 Å². The zero-order chi connectivity index (χ0) is 30.5. The molecule has 1 amide bonds. The topological polar surface area (TPSA) is 51.2 Å². The van der Waals surface area contributed by atoms with E-state index in [2.05, 4.69) is 65.1 Å². The minimum absolute atomic E-state index is 0.0260. The number of hydrogen-bond acceptors (Lipinski definition) is 3. The number of ether oxygens (including phenoxy) is 1. The van der Waals surface area contributed by atoms with Gasteiger partial charge < -0.3 is 10.1 Å². The first-order valence-electron chi connectivity index (χ1n) is 15.2. The van der Waals surface area contributed by atoms with E-state index in [1.165, 1.54) is 11.1 Å². The number of carbonyl (C=O) groups excluding carboxylic acids is 1. The molecule has 5 heteroatoms. The Morgan fingerprint density at radius 3 is 2.36 bits per heavy atom. The number of amides is 1. The van der Waals surface area contributed by atoms with Gasteiger partial charge in [0.2, 0.25) is 0 Å². The predicted molar refractivity (Wildman–Crippen MR) is 177 cm³/mol. The van der Waals surface area contributed by atoms with E-state index in [1.54, 1.807) is 0 Å². The van der Waals surface area contributed by atoms with Crippen LogP contribution in [0, 0.1) is 6.92 Å². The van der Waals surface area contributed by atoms with Crippen molar-refractivity contribution in [1.82, 2.24) is 10.3 Å². The van der Waals surface area contributed by atoms with Gasteiger partial charge in [-0.25, -0.2) is 4.98 Å². The molecule has 0 unspecified atom stereocenters. The maximum Gasteiger partial charge on any atom is 0.252 e. The quantitative estimate of drug-likeness (QED) is 0.169. The Bertz CT molecular complexity index is 1560. The standard InChI is InChI=1S/C37H45ClN2O2/c1-8-36(4,5)27-19-20-32(30(24-27)37(6,7)9-2)42-22-13-12-21-39-35(41)33-25(3)34(26-15-14-16-28(38)23-26)40-31-18-11-10-17-29(31)33/h10-11,14-20,23-24H,8-9,12-13,21-22H2,1-7H3,(H,39,41). The molecule has 0 saturated carbocycles. The van der Waals surface area contributed by atoms with Crippen molar-refractivity contribution >= 4 is 28.4 Å². The van der Waals surface area contributed by atoms with E-state index >= 15 is 0 Å². The number of aromatic nitrogens is 1. The summed E-state index contributed by atoms with van der Waals surface area (Å²) in [6, 6.07) is 22.1. The summed E-state index contributed by atoms with van der Waals surface area (Å²) in [6.45, 7) is 16.8. The number of pyridine rings is 1. The highest BCUT2D eigenvalue weighted by Crippen LogP contribution is 2.38. The number of nitrogens with one attached hydrogen (secondary N) is 1. The third-order valence-electron chi connectivity index (χ3n) is 8.83. The summed E-state index contributed by atoms with van der Waals surface area (Å²) in [5.74, 6) is 0.880. The van der Waals surface area contributed by atoms with Crippen LogP contribution in [0.1, 0.15) is 94.3 Å². The van der Waals surface area contributed by atoms with E-state index in [0.29, 0.717) is 23.7 Å². The molecule has 222 valence electrons. The number of unbranched alkanes of at least 4 members (excludes halogenated alkanes) is 1. The molecular formula is C37H45ClN2O2. The molecule has 0 fully saturated rings. The lowest BCUT2D eigenvalue weighted by Crippen LogP contribution is -2.26. The molecule has 0 aliphatic carbocycles. The molecule has 1 N–H and O–H groups in total.